The summed E-state index contributed by atoms with van der Waals surface area (Å²) in [5.41, 5.74) is -1.07. The lowest BCUT2D eigenvalue weighted by atomic mass is 9.84. The summed E-state index contributed by atoms with van der Waals surface area (Å²) in [6.07, 6.45) is 1.87. The van der Waals surface area contributed by atoms with Gasteiger partial charge in [0.1, 0.15) is 0 Å². The number of hydrogen-bond acceptors (Lipinski definition) is 5. The number of aliphatic hydroxyl groups excluding tert-OH is 5. The van der Waals surface area contributed by atoms with Crippen LogP contribution in [-0.4, -0.2) is 58.1 Å². The predicted molar refractivity (Wildman–Crippen MR) is 50.5 cm³/mol. The van der Waals surface area contributed by atoms with Crippen LogP contribution < -0.4 is 0 Å². The van der Waals surface area contributed by atoms with Gasteiger partial charge in [0, 0.05) is 5.41 Å². The van der Waals surface area contributed by atoms with Crippen LogP contribution >= 0.6 is 0 Å². The molecule has 0 bridgehead atoms. The van der Waals surface area contributed by atoms with Crippen LogP contribution in [0.15, 0.2) is 12.2 Å². The van der Waals surface area contributed by atoms with E-state index in [0.29, 0.717) is 0 Å². The minimum Gasteiger partial charge on any atom is -0.396 e. The zero-order chi connectivity index (χ0) is 11.0. The maximum absolute atomic E-state index is 9.38. The van der Waals surface area contributed by atoms with Crippen LogP contribution in [0.4, 0.5) is 0 Å². The highest BCUT2D eigenvalue weighted by Gasteiger charge is 2.30. The van der Waals surface area contributed by atoms with E-state index in [1.165, 1.54) is 12.2 Å². The fourth-order valence-corrected chi connectivity index (χ4v) is 1.07. The Morgan fingerprint density at radius 2 is 1.50 bits per heavy atom. The van der Waals surface area contributed by atoms with E-state index >= 15 is 0 Å². The molecule has 0 aliphatic carbocycles. The van der Waals surface area contributed by atoms with Crippen molar-refractivity contribution in [2.45, 2.75) is 12.5 Å². The summed E-state index contributed by atoms with van der Waals surface area (Å²) in [7, 11) is 0. The van der Waals surface area contributed by atoms with Gasteiger partial charge < -0.3 is 25.5 Å². The fourth-order valence-electron chi connectivity index (χ4n) is 1.07. The lowest BCUT2D eigenvalue weighted by Gasteiger charge is -2.28. The molecular weight excluding hydrogens is 188 g/mol. The summed E-state index contributed by atoms with van der Waals surface area (Å²) in [5, 5.41) is 44.7. The van der Waals surface area contributed by atoms with Crippen molar-refractivity contribution < 1.29 is 25.5 Å². The smallest absolute Gasteiger partial charge is 0.0729 e. The van der Waals surface area contributed by atoms with Crippen molar-refractivity contribution in [3.05, 3.63) is 12.2 Å². The minimum atomic E-state index is -1.07. The van der Waals surface area contributed by atoms with E-state index in [9.17, 15) is 5.11 Å². The zero-order valence-corrected chi connectivity index (χ0v) is 8.00. The van der Waals surface area contributed by atoms with E-state index in [-0.39, 0.29) is 13.0 Å². The van der Waals surface area contributed by atoms with Crippen LogP contribution in [0.2, 0.25) is 0 Å². The average Bonchev–Trinajstić information content (AvgIpc) is 2.23. The first-order valence-corrected chi connectivity index (χ1v) is 4.42. The summed E-state index contributed by atoms with van der Waals surface area (Å²) < 4.78 is 0. The fraction of sp³-hybridized carbons (Fsp3) is 0.778. The van der Waals surface area contributed by atoms with Gasteiger partial charge in [-0.1, -0.05) is 12.2 Å². The van der Waals surface area contributed by atoms with Gasteiger partial charge in [0.05, 0.1) is 32.5 Å². The molecule has 0 aromatic heterocycles. The van der Waals surface area contributed by atoms with Gasteiger partial charge >= 0.3 is 0 Å². The topological polar surface area (TPSA) is 101 Å². The lowest BCUT2D eigenvalue weighted by molar-refractivity contribution is -0.0218. The van der Waals surface area contributed by atoms with Gasteiger partial charge in [-0.05, 0) is 6.42 Å². The molecular formula is C9H18O5. The largest absolute Gasteiger partial charge is 0.396 e. The van der Waals surface area contributed by atoms with Crippen LogP contribution in [0.3, 0.4) is 0 Å². The Morgan fingerprint density at radius 1 is 1.00 bits per heavy atom. The Labute approximate surface area is 82.9 Å². The van der Waals surface area contributed by atoms with Crippen molar-refractivity contribution in [1.29, 1.82) is 0 Å². The molecule has 1 atom stereocenters. The van der Waals surface area contributed by atoms with Gasteiger partial charge in [-0.3, -0.25) is 0 Å². The Balaban J connectivity index is 4.21. The highest BCUT2D eigenvalue weighted by molar-refractivity contribution is 4.92. The van der Waals surface area contributed by atoms with Crippen molar-refractivity contribution in [2.75, 3.05) is 26.4 Å². The molecule has 5 N–H and O–H groups in total. The molecule has 0 amide bonds. The van der Waals surface area contributed by atoms with E-state index < -0.39 is 31.3 Å². The molecule has 84 valence electrons. The molecule has 0 saturated carbocycles. The molecule has 0 fully saturated rings. The predicted octanol–water partition coefficient (Wildman–Crippen LogP) is -1.75. The van der Waals surface area contributed by atoms with Crippen LogP contribution in [0.1, 0.15) is 6.42 Å². The van der Waals surface area contributed by atoms with E-state index in [2.05, 4.69) is 0 Å². The van der Waals surface area contributed by atoms with Gasteiger partial charge in [-0.25, -0.2) is 0 Å². The van der Waals surface area contributed by atoms with Gasteiger partial charge in [0.2, 0.25) is 0 Å². The summed E-state index contributed by atoms with van der Waals surface area (Å²) in [5.74, 6) is 0. The first-order valence-electron chi connectivity index (χ1n) is 4.42. The number of aliphatic hydroxyl groups is 5. The Kier molecular flexibility index (Phi) is 6.69. The van der Waals surface area contributed by atoms with Crippen molar-refractivity contribution in [3.63, 3.8) is 0 Å². The van der Waals surface area contributed by atoms with Crippen molar-refractivity contribution >= 4 is 0 Å². The Morgan fingerprint density at radius 3 is 1.86 bits per heavy atom. The monoisotopic (exact) mass is 206 g/mol. The van der Waals surface area contributed by atoms with E-state index in [1.807, 2.05) is 0 Å². The van der Waals surface area contributed by atoms with Gasteiger partial charge in [0.15, 0.2) is 0 Å². The molecule has 0 spiro atoms. The molecule has 0 heterocycles. The summed E-state index contributed by atoms with van der Waals surface area (Å²) >= 11 is 0. The first-order chi connectivity index (χ1) is 6.64. The molecule has 5 heteroatoms. The van der Waals surface area contributed by atoms with E-state index in [1.54, 1.807) is 0 Å². The zero-order valence-electron chi connectivity index (χ0n) is 8.00. The van der Waals surface area contributed by atoms with Crippen molar-refractivity contribution in [2.24, 2.45) is 5.41 Å². The molecule has 0 aromatic rings. The maximum atomic E-state index is 9.38. The molecule has 0 aliphatic rings. The highest BCUT2D eigenvalue weighted by Crippen LogP contribution is 2.22. The third-order valence-electron chi connectivity index (χ3n) is 2.11. The van der Waals surface area contributed by atoms with E-state index in [4.69, 9.17) is 20.4 Å². The summed E-state index contributed by atoms with van der Waals surface area (Å²) in [4.78, 5) is 0. The molecule has 1 unspecified atom stereocenters. The molecule has 0 aromatic carbocycles. The quantitative estimate of drug-likeness (QED) is 0.318. The molecule has 0 radical (unpaired) electrons. The second-order valence-electron chi connectivity index (χ2n) is 3.36. The average molecular weight is 206 g/mol. The molecule has 0 aliphatic heterocycles. The first kappa shape index (κ1) is 13.5. The third-order valence-corrected chi connectivity index (χ3v) is 2.11. The molecule has 0 saturated heterocycles. The second-order valence-corrected chi connectivity index (χ2v) is 3.36. The number of hydrogen-bond donors (Lipinski definition) is 5. The minimum absolute atomic E-state index is 0.0486. The van der Waals surface area contributed by atoms with Crippen molar-refractivity contribution in [3.8, 4) is 0 Å². The normalized spacial score (nSPS) is 14.9. The lowest BCUT2D eigenvalue weighted by Crippen LogP contribution is -2.37. The summed E-state index contributed by atoms with van der Waals surface area (Å²) in [6.45, 7) is -1.38. The molecule has 5 nitrogen and oxygen atoms in total. The van der Waals surface area contributed by atoms with Crippen molar-refractivity contribution in [1.82, 2.24) is 0 Å². The Hall–Kier alpha value is -0.460. The van der Waals surface area contributed by atoms with E-state index in [0.717, 1.165) is 0 Å². The van der Waals surface area contributed by atoms with Gasteiger partial charge in [0.25, 0.3) is 0 Å². The number of rotatable bonds is 7. The van der Waals surface area contributed by atoms with Crippen LogP contribution in [0, 0.1) is 5.41 Å². The molecule has 0 rings (SSSR count). The van der Waals surface area contributed by atoms with Gasteiger partial charge in [-0.2, -0.15) is 0 Å². The van der Waals surface area contributed by atoms with Gasteiger partial charge in [-0.15, -0.1) is 0 Å². The SMILES string of the molecule is OCC=CC(O)CC(CO)(CO)CO. The highest BCUT2D eigenvalue weighted by atomic mass is 16.3. The standard InChI is InChI=1S/C9H18O5/c10-3-1-2-8(14)4-9(5-11,6-12)7-13/h1-2,8,10-14H,3-7H2. The maximum Gasteiger partial charge on any atom is 0.0729 e. The van der Waals surface area contributed by atoms with Crippen LogP contribution in [0.25, 0.3) is 0 Å². The third kappa shape index (κ3) is 4.17. The van der Waals surface area contributed by atoms with Crippen LogP contribution in [0.5, 0.6) is 0 Å². The van der Waals surface area contributed by atoms with Crippen LogP contribution in [-0.2, 0) is 0 Å². The Bertz CT molecular complexity index is 156. The summed E-state index contributed by atoms with van der Waals surface area (Å²) in [6, 6.07) is 0. The molecule has 14 heavy (non-hydrogen) atoms. The second kappa shape index (κ2) is 6.92.